The molecule has 2 N–H and O–H groups in total. The fourth-order valence-corrected chi connectivity index (χ4v) is 1.46. The Morgan fingerprint density at radius 2 is 2.06 bits per heavy atom. The van der Waals surface area contributed by atoms with Gasteiger partial charge in [0.25, 0.3) is 0 Å². The molecule has 0 aliphatic rings. The molecular weight excluding hydrogens is 221 g/mol. The Kier molecular flexibility index (Phi) is 3.90. The van der Waals surface area contributed by atoms with Crippen LogP contribution in [0.15, 0.2) is 6.33 Å². The predicted molar refractivity (Wildman–Crippen MR) is 52.8 cm³/mol. The van der Waals surface area contributed by atoms with Crippen LogP contribution in [0.4, 0.5) is 13.2 Å². The number of aromatic nitrogens is 3. The zero-order valence-electron chi connectivity index (χ0n) is 9.20. The fraction of sp³-hybridized carbons (Fsp3) is 0.778. The quantitative estimate of drug-likeness (QED) is 0.865. The molecule has 92 valence electrons. The van der Waals surface area contributed by atoms with Gasteiger partial charge >= 0.3 is 6.18 Å². The van der Waals surface area contributed by atoms with E-state index >= 15 is 0 Å². The van der Waals surface area contributed by atoms with Gasteiger partial charge in [-0.1, -0.05) is 0 Å². The minimum Gasteiger partial charge on any atom is -0.327 e. The predicted octanol–water partition coefficient (Wildman–Crippen LogP) is 1.68. The Bertz CT molecular complexity index is 332. The third kappa shape index (κ3) is 3.80. The molecule has 0 aliphatic heterocycles. The Hall–Kier alpha value is -1.11. The number of halogens is 3. The lowest BCUT2D eigenvalue weighted by atomic mass is 10.1. The smallest absolute Gasteiger partial charge is 0.327 e. The van der Waals surface area contributed by atoms with Crippen molar-refractivity contribution in [3.05, 3.63) is 12.2 Å². The van der Waals surface area contributed by atoms with Crippen molar-refractivity contribution >= 4 is 0 Å². The van der Waals surface area contributed by atoms with Crippen molar-refractivity contribution in [3.8, 4) is 0 Å². The van der Waals surface area contributed by atoms with Crippen LogP contribution in [0, 0.1) is 0 Å². The second-order valence-corrected chi connectivity index (χ2v) is 4.00. The second kappa shape index (κ2) is 4.82. The zero-order chi connectivity index (χ0) is 12.3. The molecule has 0 aromatic carbocycles. The van der Waals surface area contributed by atoms with Crippen LogP contribution in [-0.4, -0.2) is 27.0 Å². The molecule has 0 saturated carbocycles. The van der Waals surface area contributed by atoms with Crippen LogP contribution < -0.4 is 5.73 Å². The van der Waals surface area contributed by atoms with Gasteiger partial charge in [-0.25, -0.2) is 9.67 Å². The molecule has 0 radical (unpaired) electrons. The van der Waals surface area contributed by atoms with E-state index in [1.165, 1.54) is 6.33 Å². The van der Waals surface area contributed by atoms with E-state index in [4.69, 9.17) is 5.73 Å². The lowest BCUT2D eigenvalue weighted by Gasteiger charge is -2.15. The summed E-state index contributed by atoms with van der Waals surface area (Å²) < 4.78 is 37.8. The molecule has 0 spiro atoms. The Balaban J connectivity index is 2.63. The summed E-state index contributed by atoms with van der Waals surface area (Å²) in [6, 6.07) is -0.905. The molecular formula is C9H15F3N4. The van der Waals surface area contributed by atoms with E-state index in [-0.39, 0.29) is 12.5 Å². The van der Waals surface area contributed by atoms with Crippen molar-refractivity contribution < 1.29 is 13.2 Å². The normalized spacial score (nSPS) is 14.4. The molecule has 0 bridgehead atoms. The number of nitrogens with zero attached hydrogens (tertiary/aromatic N) is 3. The van der Waals surface area contributed by atoms with E-state index in [2.05, 4.69) is 10.1 Å². The van der Waals surface area contributed by atoms with Crippen LogP contribution in [-0.2, 0) is 6.42 Å². The maximum atomic E-state index is 12.1. The average Bonchev–Trinajstić information content (AvgIpc) is 2.47. The monoisotopic (exact) mass is 236 g/mol. The number of alkyl halides is 3. The van der Waals surface area contributed by atoms with Crippen LogP contribution in [0.25, 0.3) is 0 Å². The Morgan fingerprint density at radius 3 is 2.56 bits per heavy atom. The highest BCUT2D eigenvalue weighted by molar-refractivity contribution is 4.91. The highest BCUT2D eigenvalue weighted by atomic mass is 19.4. The maximum Gasteiger partial charge on any atom is 0.390 e. The minimum atomic E-state index is -4.23. The summed E-state index contributed by atoms with van der Waals surface area (Å²) in [4.78, 5) is 3.91. The summed E-state index contributed by atoms with van der Waals surface area (Å²) in [5.74, 6) is 0.492. The molecule has 7 heteroatoms. The first-order valence-electron chi connectivity index (χ1n) is 5.00. The van der Waals surface area contributed by atoms with Gasteiger partial charge in [0.2, 0.25) is 0 Å². The van der Waals surface area contributed by atoms with Gasteiger partial charge in [-0.3, -0.25) is 0 Å². The van der Waals surface area contributed by atoms with Gasteiger partial charge in [-0.05, 0) is 13.8 Å². The first-order valence-corrected chi connectivity index (χ1v) is 5.00. The van der Waals surface area contributed by atoms with E-state index in [1.807, 2.05) is 13.8 Å². The van der Waals surface area contributed by atoms with Gasteiger partial charge in [-0.15, -0.1) is 0 Å². The summed E-state index contributed by atoms with van der Waals surface area (Å²) in [5.41, 5.74) is 5.42. The molecule has 1 aromatic rings. The third-order valence-corrected chi connectivity index (χ3v) is 2.07. The standard InChI is InChI=1S/C9H15F3N4/c1-6(2)16-8(14-5-15-16)3-7(13)4-9(10,11)12/h5-7H,3-4,13H2,1-2H3. The van der Waals surface area contributed by atoms with Crippen LogP contribution in [0.5, 0.6) is 0 Å². The van der Waals surface area contributed by atoms with Crippen molar-refractivity contribution in [1.82, 2.24) is 14.8 Å². The van der Waals surface area contributed by atoms with Crippen molar-refractivity contribution in [2.45, 2.75) is 44.9 Å². The molecule has 1 rings (SSSR count). The fourth-order valence-electron chi connectivity index (χ4n) is 1.46. The van der Waals surface area contributed by atoms with E-state index in [0.29, 0.717) is 5.82 Å². The van der Waals surface area contributed by atoms with Gasteiger partial charge in [0, 0.05) is 18.5 Å². The SMILES string of the molecule is CC(C)n1ncnc1CC(N)CC(F)(F)F. The van der Waals surface area contributed by atoms with Crippen molar-refractivity contribution in [2.24, 2.45) is 5.73 Å². The lowest BCUT2D eigenvalue weighted by Crippen LogP contribution is -2.31. The maximum absolute atomic E-state index is 12.1. The first kappa shape index (κ1) is 13.0. The van der Waals surface area contributed by atoms with E-state index in [9.17, 15) is 13.2 Å². The summed E-state index contributed by atoms with van der Waals surface area (Å²) in [7, 11) is 0. The molecule has 4 nitrogen and oxygen atoms in total. The number of hydrogen-bond donors (Lipinski definition) is 1. The van der Waals surface area contributed by atoms with Crippen LogP contribution >= 0.6 is 0 Å². The molecule has 1 aromatic heterocycles. The summed E-state index contributed by atoms with van der Waals surface area (Å²) >= 11 is 0. The molecule has 1 atom stereocenters. The molecule has 0 amide bonds. The average molecular weight is 236 g/mol. The number of hydrogen-bond acceptors (Lipinski definition) is 3. The number of rotatable bonds is 4. The van der Waals surface area contributed by atoms with E-state index in [1.54, 1.807) is 4.68 Å². The highest BCUT2D eigenvalue weighted by Gasteiger charge is 2.30. The molecule has 1 heterocycles. The molecule has 1 unspecified atom stereocenters. The van der Waals surface area contributed by atoms with E-state index < -0.39 is 18.6 Å². The molecule has 16 heavy (non-hydrogen) atoms. The van der Waals surface area contributed by atoms with Crippen molar-refractivity contribution in [2.75, 3.05) is 0 Å². The summed E-state index contributed by atoms with van der Waals surface area (Å²) in [5, 5.41) is 3.93. The van der Waals surface area contributed by atoms with Gasteiger partial charge in [-0.2, -0.15) is 18.3 Å². The summed E-state index contributed by atoms with van der Waals surface area (Å²) in [6.07, 6.45) is -3.83. The largest absolute Gasteiger partial charge is 0.390 e. The van der Waals surface area contributed by atoms with Gasteiger partial charge in [0.1, 0.15) is 12.2 Å². The van der Waals surface area contributed by atoms with Crippen LogP contribution in [0.1, 0.15) is 32.1 Å². The van der Waals surface area contributed by atoms with Gasteiger partial charge in [0.05, 0.1) is 6.42 Å². The van der Waals surface area contributed by atoms with E-state index in [0.717, 1.165) is 0 Å². The first-order chi connectivity index (χ1) is 7.29. The van der Waals surface area contributed by atoms with Crippen LogP contribution in [0.2, 0.25) is 0 Å². The van der Waals surface area contributed by atoms with Crippen LogP contribution in [0.3, 0.4) is 0 Å². The molecule has 0 aliphatic carbocycles. The number of nitrogens with two attached hydrogens (primary N) is 1. The second-order valence-electron chi connectivity index (χ2n) is 4.00. The highest BCUT2D eigenvalue weighted by Crippen LogP contribution is 2.22. The van der Waals surface area contributed by atoms with Crippen molar-refractivity contribution in [1.29, 1.82) is 0 Å². The topological polar surface area (TPSA) is 56.7 Å². The molecule has 0 fully saturated rings. The third-order valence-electron chi connectivity index (χ3n) is 2.07. The Labute approximate surface area is 91.6 Å². The molecule has 0 saturated heterocycles. The summed E-state index contributed by atoms with van der Waals surface area (Å²) in [6.45, 7) is 3.76. The van der Waals surface area contributed by atoms with Crippen molar-refractivity contribution in [3.63, 3.8) is 0 Å². The van der Waals surface area contributed by atoms with Gasteiger partial charge < -0.3 is 5.73 Å². The Morgan fingerprint density at radius 1 is 1.44 bits per heavy atom. The minimum absolute atomic E-state index is 0.0654. The lowest BCUT2D eigenvalue weighted by molar-refractivity contribution is -0.138. The zero-order valence-corrected chi connectivity index (χ0v) is 9.20. The van der Waals surface area contributed by atoms with Gasteiger partial charge in [0.15, 0.2) is 0 Å².